The Morgan fingerprint density at radius 1 is 0.958 bits per heavy atom. The van der Waals surface area contributed by atoms with Crippen LogP contribution in [0.1, 0.15) is 11.1 Å². The van der Waals surface area contributed by atoms with Crippen LogP contribution in [0.15, 0.2) is 64.9 Å². The molecular weight excluding hydrogens is 304 g/mol. The molecule has 0 radical (unpaired) electrons. The monoisotopic (exact) mass is 320 g/mol. The number of fused-ring (bicyclic) bond motifs is 1. The lowest BCUT2D eigenvalue weighted by Crippen LogP contribution is -2.39. The summed E-state index contributed by atoms with van der Waals surface area (Å²) in [6.45, 7) is 2.47. The summed E-state index contributed by atoms with van der Waals surface area (Å²) in [5.74, 6) is -0.584. The zero-order valence-electron chi connectivity index (χ0n) is 13.2. The number of hydrogen-bond donors (Lipinski definition) is 0. The third kappa shape index (κ3) is 2.27. The van der Waals surface area contributed by atoms with Crippen LogP contribution in [-0.2, 0) is 16.1 Å². The zero-order chi connectivity index (χ0) is 16.7. The molecule has 0 saturated carbocycles. The predicted octanol–water partition coefficient (Wildman–Crippen LogP) is 2.49. The number of carbonyl (C=O) groups excluding carboxylic acids is 2. The van der Waals surface area contributed by atoms with Crippen LogP contribution in [0.25, 0.3) is 0 Å². The SMILES string of the molecule is Cc1ccc(CN2N=N[C@H]3C(=O)N(c4ccccc4)C(=O)[C@H]32)cc1. The van der Waals surface area contributed by atoms with Crippen molar-refractivity contribution in [3.8, 4) is 0 Å². The molecule has 2 aromatic carbocycles. The molecule has 2 aliphatic rings. The van der Waals surface area contributed by atoms with E-state index in [4.69, 9.17) is 0 Å². The summed E-state index contributed by atoms with van der Waals surface area (Å²) >= 11 is 0. The smallest absolute Gasteiger partial charge is 0.263 e. The normalized spacial score (nSPS) is 22.4. The van der Waals surface area contributed by atoms with Crippen LogP contribution in [-0.4, -0.2) is 28.9 Å². The Hall–Kier alpha value is -3.02. The summed E-state index contributed by atoms with van der Waals surface area (Å²) in [7, 11) is 0. The van der Waals surface area contributed by atoms with E-state index in [2.05, 4.69) is 10.3 Å². The van der Waals surface area contributed by atoms with Gasteiger partial charge in [0.05, 0.1) is 12.2 Å². The Balaban J connectivity index is 1.59. The van der Waals surface area contributed by atoms with Gasteiger partial charge in [-0.05, 0) is 24.6 Å². The zero-order valence-corrected chi connectivity index (χ0v) is 13.2. The van der Waals surface area contributed by atoms with E-state index in [0.717, 1.165) is 5.56 Å². The first-order valence-corrected chi connectivity index (χ1v) is 7.81. The summed E-state index contributed by atoms with van der Waals surface area (Å²) in [5.41, 5.74) is 2.77. The molecule has 0 spiro atoms. The average Bonchev–Trinajstić information content (AvgIpc) is 3.11. The molecule has 0 aromatic heterocycles. The predicted molar refractivity (Wildman–Crippen MR) is 88.1 cm³/mol. The van der Waals surface area contributed by atoms with Crippen LogP contribution in [0, 0.1) is 6.92 Å². The van der Waals surface area contributed by atoms with Crippen LogP contribution in [0.5, 0.6) is 0 Å². The molecule has 0 bridgehead atoms. The molecule has 120 valence electrons. The fourth-order valence-electron chi connectivity index (χ4n) is 3.07. The molecule has 2 atom stereocenters. The van der Waals surface area contributed by atoms with Gasteiger partial charge in [-0.1, -0.05) is 53.3 Å². The fraction of sp³-hybridized carbons (Fsp3) is 0.222. The van der Waals surface area contributed by atoms with E-state index in [0.29, 0.717) is 12.2 Å². The summed E-state index contributed by atoms with van der Waals surface area (Å²) in [6.07, 6.45) is 0. The first-order chi connectivity index (χ1) is 11.6. The molecule has 6 nitrogen and oxygen atoms in total. The number of nitrogens with zero attached hydrogens (tertiary/aromatic N) is 4. The highest BCUT2D eigenvalue weighted by atomic mass is 16.2. The largest absolute Gasteiger partial charge is 0.271 e. The van der Waals surface area contributed by atoms with E-state index < -0.39 is 12.1 Å². The molecule has 1 saturated heterocycles. The molecule has 2 heterocycles. The van der Waals surface area contributed by atoms with Crippen LogP contribution >= 0.6 is 0 Å². The van der Waals surface area contributed by atoms with E-state index in [1.807, 2.05) is 37.3 Å². The van der Waals surface area contributed by atoms with Crippen LogP contribution in [0.4, 0.5) is 5.69 Å². The summed E-state index contributed by atoms with van der Waals surface area (Å²) < 4.78 is 0. The molecular formula is C18H16N4O2. The van der Waals surface area contributed by atoms with Gasteiger partial charge in [-0.25, -0.2) is 4.90 Å². The molecule has 24 heavy (non-hydrogen) atoms. The summed E-state index contributed by atoms with van der Waals surface area (Å²) in [5, 5.41) is 9.71. The molecule has 0 unspecified atom stereocenters. The third-order valence-corrected chi connectivity index (χ3v) is 4.34. The number of rotatable bonds is 3. The number of imide groups is 1. The Labute approximate surface area is 139 Å². The van der Waals surface area contributed by atoms with E-state index in [1.165, 1.54) is 10.5 Å². The molecule has 6 heteroatoms. The number of aryl methyl sites for hydroxylation is 1. The van der Waals surface area contributed by atoms with Crippen molar-refractivity contribution in [1.29, 1.82) is 0 Å². The number of hydrogen-bond acceptors (Lipinski definition) is 5. The van der Waals surface area contributed by atoms with Gasteiger partial charge in [0.25, 0.3) is 11.8 Å². The molecule has 0 N–H and O–H groups in total. The standard InChI is InChI=1S/C18H16N4O2/c1-12-7-9-13(10-8-12)11-21-16-15(19-20-21)17(23)22(18(16)24)14-5-3-2-4-6-14/h2-10,15-16H,11H2,1H3/t15-,16+/m1/s1. The second-order valence-corrected chi connectivity index (χ2v) is 6.03. The van der Waals surface area contributed by atoms with Gasteiger partial charge in [0.2, 0.25) is 0 Å². The van der Waals surface area contributed by atoms with Crippen LogP contribution in [0.3, 0.4) is 0 Å². The lowest BCUT2D eigenvalue weighted by atomic mass is 10.1. The fourth-order valence-corrected chi connectivity index (χ4v) is 3.07. The van der Waals surface area contributed by atoms with E-state index in [1.54, 1.807) is 29.3 Å². The topological polar surface area (TPSA) is 65.3 Å². The highest BCUT2D eigenvalue weighted by Crippen LogP contribution is 2.32. The Bertz CT molecular complexity index is 817. The minimum Gasteiger partial charge on any atom is -0.271 e. The number of para-hydroxylation sites is 1. The number of carbonyl (C=O) groups is 2. The van der Waals surface area contributed by atoms with E-state index in [9.17, 15) is 9.59 Å². The molecule has 1 fully saturated rings. The van der Waals surface area contributed by atoms with Gasteiger partial charge >= 0.3 is 0 Å². The maximum atomic E-state index is 12.8. The Kier molecular flexibility index (Phi) is 3.37. The first kappa shape index (κ1) is 14.6. The maximum absolute atomic E-state index is 12.8. The van der Waals surface area contributed by atoms with E-state index >= 15 is 0 Å². The van der Waals surface area contributed by atoms with Crippen molar-refractivity contribution in [2.45, 2.75) is 25.6 Å². The highest BCUT2D eigenvalue weighted by molar-refractivity contribution is 6.25. The number of amides is 2. The van der Waals surface area contributed by atoms with Crippen molar-refractivity contribution in [3.63, 3.8) is 0 Å². The first-order valence-electron chi connectivity index (χ1n) is 7.81. The number of benzene rings is 2. The summed E-state index contributed by atoms with van der Waals surface area (Å²) in [4.78, 5) is 26.6. The summed E-state index contributed by atoms with van der Waals surface area (Å²) in [6, 6.07) is 15.6. The van der Waals surface area contributed by atoms with Gasteiger partial charge in [0, 0.05) is 0 Å². The van der Waals surface area contributed by atoms with Crippen LogP contribution < -0.4 is 4.90 Å². The van der Waals surface area contributed by atoms with Crippen LogP contribution in [0.2, 0.25) is 0 Å². The van der Waals surface area contributed by atoms with Gasteiger partial charge in [-0.15, -0.1) is 0 Å². The van der Waals surface area contributed by atoms with Gasteiger partial charge in [0.1, 0.15) is 0 Å². The minimum atomic E-state index is -0.747. The van der Waals surface area contributed by atoms with Crippen molar-refractivity contribution in [1.82, 2.24) is 5.01 Å². The van der Waals surface area contributed by atoms with Gasteiger partial charge in [-0.2, -0.15) is 5.11 Å². The number of anilines is 1. The van der Waals surface area contributed by atoms with Crippen molar-refractivity contribution in [3.05, 3.63) is 65.7 Å². The van der Waals surface area contributed by atoms with Gasteiger partial charge in [-0.3, -0.25) is 14.6 Å². The highest BCUT2D eigenvalue weighted by Gasteiger charge is 2.54. The molecule has 2 aliphatic heterocycles. The second kappa shape index (κ2) is 5.56. The van der Waals surface area contributed by atoms with Crippen molar-refractivity contribution < 1.29 is 9.59 Å². The molecule has 2 amide bonds. The van der Waals surface area contributed by atoms with Crippen molar-refractivity contribution in [2.24, 2.45) is 10.3 Å². The lowest BCUT2D eigenvalue weighted by Gasteiger charge is -2.20. The lowest BCUT2D eigenvalue weighted by molar-refractivity contribution is -0.123. The minimum absolute atomic E-state index is 0.270. The average molecular weight is 320 g/mol. The van der Waals surface area contributed by atoms with Crippen molar-refractivity contribution in [2.75, 3.05) is 4.90 Å². The Morgan fingerprint density at radius 2 is 1.67 bits per heavy atom. The quantitative estimate of drug-likeness (QED) is 0.816. The molecule has 0 aliphatic carbocycles. The molecule has 2 aromatic rings. The molecule has 4 rings (SSSR count). The van der Waals surface area contributed by atoms with Gasteiger partial charge in [0.15, 0.2) is 12.1 Å². The van der Waals surface area contributed by atoms with Crippen molar-refractivity contribution >= 4 is 17.5 Å². The third-order valence-electron chi connectivity index (χ3n) is 4.34. The second-order valence-electron chi connectivity index (χ2n) is 6.03. The Morgan fingerprint density at radius 3 is 2.38 bits per heavy atom. The van der Waals surface area contributed by atoms with Gasteiger partial charge < -0.3 is 0 Å². The van der Waals surface area contributed by atoms with E-state index in [-0.39, 0.29) is 11.8 Å². The maximum Gasteiger partial charge on any atom is 0.263 e.